The first kappa shape index (κ1) is 13.5. The van der Waals surface area contributed by atoms with Gasteiger partial charge in [0, 0.05) is 25.1 Å². The Labute approximate surface area is 97.8 Å². The zero-order chi connectivity index (χ0) is 12.2. The van der Waals surface area contributed by atoms with Gasteiger partial charge in [-0.15, -0.1) is 0 Å². The predicted octanol–water partition coefficient (Wildman–Crippen LogP) is 0.511. The average Bonchev–Trinajstić information content (AvgIpc) is 2.27. The van der Waals surface area contributed by atoms with E-state index in [2.05, 4.69) is 10.6 Å². The minimum absolute atomic E-state index is 0.0856. The van der Waals surface area contributed by atoms with E-state index in [1.165, 1.54) is 0 Å². The van der Waals surface area contributed by atoms with Crippen LogP contribution in [0.15, 0.2) is 0 Å². The maximum absolute atomic E-state index is 12.0. The summed E-state index contributed by atoms with van der Waals surface area (Å²) in [5, 5.41) is 15.3. The van der Waals surface area contributed by atoms with Crippen molar-refractivity contribution in [3.63, 3.8) is 0 Å². The first-order chi connectivity index (χ1) is 7.40. The van der Waals surface area contributed by atoms with Crippen molar-refractivity contribution in [2.24, 2.45) is 10.8 Å². The topological polar surface area (TPSA) is 61.4 Å². The van der Waals surface area contributed by atoms with Gasteiger partial charge in [-0.3, -0.25) is 4.79 Å². The Balaban J connectivity index is 2.45. The van der Waals surface area contributed by atoms with E-state index in [0.717, 1.165) is 25.9 Å². The lowest BCUT2D eigenvalue weighted by Gasteiger charge is -2.34. The summed E-state index contributed by atoms with van der Waals surface area (Å²) in [6.07, 6.45) is 1.98. The van der Waals surface area contributed by atoms with Crippen molar-refractivity contribution in [2.45, 2.75) is 33.6 Å². The molecule has 4 nitrogen and oxygen atoms in total. The van der Waals surface area contributed by atoms with Gasteiger partial charge in [-0.1, -0.05) is 13.8 Å². The summed E-state index contributed by atoms with van der Waals surface area (Å²) in [5.41, 5.74) is -0.530. The molecule has 0 aromatic carbocycles. The van der Waals surface area contributed by atoms with Crippen molar-refractivity contribution >= 4 is 5.91 Å². The fourth-order valence-corrected chi connectivity index (χ4v) is 1.84. The second-order valence-electron chi connectivity index (χ2n) is 5.85. The number of aliphatic hydroxyl groups excluding tert-OH is 1. The molecule has 0 aliphatic carbocycles. The maximum Gasteiger partial charge on any atom is 0.227 e. The van der Waals surface area contributed by atoms with E-state index in [-0.39, 0.29) is 23.3 Å². The molecule has 1 aliphatic rings. The molecule has 0 aromatic heterocycles. The van der Waals surface area contributed by atoms with Crippen molar-refractivity contribution in [3.8, 4) is 0 Å². The Morgan fingerprint density at radius 3 is 2.75 bits per heavy atom. The van der Waals surface area contributed by atoms with E-state index < -0.39 is 0 Å². The van der Waals surface area contributed by atoms with Gasteiger partial charge in [0.1, 0.15) is 0 Å². The number of rotatable bonds is 4. The lowest BCUT2D eigenvalue weighted by Crippen LogP contribution is -2.50. The van der Waals surface area contributed by atoms with Crippen LogP contribution in [0, 0.1) is 10.8 Å². The molecule has 1 aliphatic heterocycles. The van der Waals surface area contributed by atoms with Crippen LogP contribution in [0.2, 0.25) is 0 Å². The van der Waals surface area contributed by atoms with Crippen LogP contribution in [-0.2, 0) is 4.79 Å². The Morgan fingerprint density at radius 1 is 1.56 bits per heavy atom. The zero-order valence-corrected chi connectivity index (χ0v) is 10.6. The van der Waals surface area contributed by atoms with Gasteiger partial charge in [0.2, 0.25) is 5.91 Å². The van der Waals surface area contributed by atoms with Crippen LogP contribution in [0.1, 0.15) is 33.6 Å². The standard InChI is InChI=1S/C12H24N2O2/c1-11(2,9-15)7-14-10(16)12(3)5-4-6-13-8-12/h13,15H,4-9H2,1-3H3,(H,14,16). The Morgan fingerprint density at radius 2 is 2.25 bits per heavy atom. The van der Waals surface area contributed by atoms with Crippen LogP contribution in [-0.4, -0.2) is 37.3 Å². The first-order valence-corrected chi connectivity index (χ1v) is 6.00. The van der Waals surface area contributed by atoms with Crippen LogP contribution in [0.4, 0.5) is 0 Å². The molecule has 1 fully saturated rings. The summed E-state index contributed by atoms with van der Waals surface area (Å²) in [4.78, 5) is 12.0. The number of hydrogen-bond acceptors (Lipinski definition) is 3. The summed E-state index contributed by atoms with van der Waals surface area (Å²) in [6, 6.07) is 0. The minimum atomic E-state index is -0.288. The molecule has 1 saturated heterocycles. The molecule has 1 amide bonds. The number of amides is 1. The molecule has 94 valence electrons. The highest BCUT2D eigenvalue weighted by Crippen LogP contribution is 2.25. The van der Waals surface area contributed by atoms with Gasteiger partial charge in [0.05, 0.1) is 5.41 Å². The molecule has 4 heteroatoms. The van der Waals surface area contributed by atoms with Crippen molar-refractivity contribution < 1.29 is 9.90 Å². The zero-order valence-electron chi connectivity index (χ0n) is 10.6. The highest BCUT2D eigenvalue weighted by atomic mass is 16.3. The number of nitrogens with one attached hydrogen (secondary N) is 2. The molecule has 1 atom stereocenters. The SMILES string of the molecule is CC(C)(CO)CNC(=O)C1(C)CCCNC1. The molecular formula is C12H24N2O2. The third kappa shape index (κ3) is 3.46. The number of carbonyl (C=O) groups is 1. The van der Waals surface area contributed by atoms with Gasteiger partial charge in [0.15, 0.2) is 0 Å². The normalized spacial score (nSPS) is 26.5. The monoisotopic (exact) mass is 228 g/mol. The summed E-state index contributed by atoms with van der Waals surface area (Å²) < 4.78 is 0. The molecule has 1 rings (SSSR count). The smallest absolute Gasteiger partial charge is 0.227 e. The van der Waals surface area contributed by atoms with E-state index >= 15 is 0 Å². The predicted molar refractivity (Wildman–Crippen MR) is 64.1 cm³/mol. The minimum Gasteiger partial charge on any atom is -0.396 e. The largest absolute Gasteiger partial charge is 0.396 e. The van der Waals surface area contributed by atoms with Gasteiger partial charge in [0.25, 0.3) is 0 Å². The van der Waals surface area contributed by atoms with E-state index in [9.17, 15) is 4.79 Å². The van der Waals surface area contributed by atoms with Gasteiger partial charge in [-0.05, 0) is 26.3 Å². The van der Waals surface area contributed by atoms with E-state index in [1.807, 2.05) is 20.8 Å². The van der Waals surface area contributed by atoms with E-state index in [1.54, 1.807) is 0 Å². The summed E-state index contributed by atoms with van der Waals surface area (Å²) in [6.45, 7) is 8.24. The maximum atomic E-state index is 12.0. The highest BCUT2D eigenvalue weighted by molar-refractivity contribution is 5.82. The number of piperidine rings is 1. The number of carbonyl (C=O) groups excluding carboxylic acids is 1. The molecule has 1 heterocycles. The fourth-order valence-electron chi connectivity index (χ4n) is 1.84. The lowest BCUT2D eigenvalue weighted by molar-refractivity contribution is -0.131. The van der Waals surface area contributed by atoms with Crippen molar-refractivity contribution in [3.05, 3.63) is 0 Å². The Hall–Kier alpha value is -0.610. The van der Waals surface area contributed by atoms with Gasteiger partial charge >= 0.3 is 0 Å². The van der Waals surface area contributed by atoms with E-state index in [0.29, 0.717) is 6.54 Å². The number of aliphatic hydroxyl groups is 1. The average molecular weight is 228 g/mol. The molecule has 16 heavy (non-hydrogen) atoms. The quantitative estimate of drug-likeness (QED) is 0.657. The van der Waals surface area contributed by atoms with Crippen LogP contribution in [0.5, 0.6) is 0 Å². The molecule has 0 spiro atoms. The van der Waals surface area contributed by atoms with Crippen molar-refractivity contribution in [2.75, 3.05) is 26.2 Å². The molecule has 0 aromatic rings. The van der Waals surface area contributed by atoms with Crippen LogP contribution < -0.4 is 10.6 Å². The molecular weight excluding hydrogens is 204 g/mol. The lowest BCUT2D eigenvalue weighted by atomic mass is 9.81. The van der Waals surface area contributed by atoms with Gasteiger partial charge in [-0.25, -0.2) is 0 Å². The summed E-state index contributed by atoms with van der Waals surface area (Å²) in [5.74, 6) is 0.0984. The van der Waals surface area contributed by atoms with Crippen LogP contribution in [0.3, 0.4) is 0 Å². The Kier molecular flexibility index (Phi) is 4.33. The Bertz CT molecular complexity index is 245. The molecule has 0 radical (unpaired) electrons. The molecule has 1 unspecified atom stereocenters. The van der Waals surface area contributed by atoms with Gasteiger partial charge in [-0.2, -0.15) is 0 Å². The van der Waals surface area contributed by atoms with Crippen LogP contribution >= 0.6 is 0 Å². The molecule has 0 bridgehead atoms. The van der Waals surface area contributed by atoms with E-state index in [4.69, 9.17) is 5.11 Å². The van der Waals surface area contributed by atoms with Crippen molar-refractivity contribution in [1.82, 2.24) is 10.6 Å². The van der Waals surface area contributed by atoms with Crippen LogP contribution in [0.25, 0.3) is 0 Å². The van der Waals surface area contributed by atoms with Gasteiger partial charge < -0.3 is 15.7 Å². The first-order valence-electron chi connectivity index (χ1n) is 6.00. The second-order valence-corrected chi connectivity index (χ2v) is 5.85. The van der Waals surface area contributed by atoms with Crippen molar-refractivity contribution in [1.29, 1.82) is 0 Å². The second kappa shape index (κ2) is 5.15. The molecule has 0 saturated carbocycles. The third-order valence-electron chi connectivity index (χ3n) is 3.30. The summed E-state index contributed by atoms with van der Waals surface area (Å²) >= 11 is 0. The molecule has 3 N–H and O–H groups in total. The highest BCUT2D eigenvalue weighted by Gasteiger charge is 2.35. The third-order valence-corrected chi connectivity index (χ3v) is 3.30. The number of hydrogen-bond donors (Lipinski definition) is 3. The summed E-state index contributed by atoms with van der Waals surface area (Å²) in [7, 11) is 0. The fraction of sp³-hybridized carbons (Fsp3) is 0.917.